The number of carbonyl (C=O) groups is 1. The summed E-state index contributed by atoms with van der Waals surface area (Å²) in [5, 5.41) is 10.1. The maximum atomic E-state index is 11.2. The van der Waals surface area contributed by atoms with Gasteiger partial charge in [0.15, 0.2) is 0 Å². The van der Waals surface area contributed by atoms with Gasteiger partial charge in [0.1, 0.15) is 5.58 Å². The standard InChI is InChI=1S/C17H23NO3/c1-6-18(7-2)9-13-8-14-12(5)16(17(19)20)21-15(14)11(4)10(13)3/h8H,6-7,9H2,1-5H3,(H,19,20). The Kier molecular flexibility index (Phi) is 4.37. The molecular formula is C17H23NO3. The number of hydrogen-bond acceptors (Lipinski definition) is 3. The lowest BCUT2D eigenvalue weighted by Gasteiger charge is -2.20. The fourth-order valence-corrected chi connectivity index (χ4v) is 2.73. The average molecular weight is 289 g/mol. The molecule has 0 fully saturated rings. The van der Waals surface area contributed by atoms with Crippen LogP contribution in [-0.2, 0) is 6.54 Å². The molecule has 1 heterocycles. The Hall–Kier alpha value is -1.81. The van der Waals surface area contributed by atoms with Gasteiger partial charge < -0.3 is 9.52 Å². The quantitative estimate of drug-likeness (QED) is 0.907. The van der Waals surface area contributed by atoms with Crippen molar-refractivity contribution >= 4 is 16.9 Å². The molecule has 0 bridgehead atoms. The molecule has 0 aliphatic heterocycles. The van der Waals surface area contributed by atoms with Crippen molar-refractivity contribution in [2.75, 3.05) is 13.1 Å². The monoisotopic (exact) mass is 289 g/mol. The lowest BCUT2D eigenvalue weighted by atomic mass is 9.98. The Labute approximate surface area is 125 Å². The van der Waals surface area contributed by atoms with Crippen LogP contribution in [0.5, 0.6) is 0 Å². The second kappa shape index (κ2) is 5.90. The van der Waals surface area contributed by atoms with Crippen LogP contribution in [0.4, 0.5) is 0 Å². The number of nitrogens with zero attached hydrogens (tertiary/aromatic N) is 1. The number of hydrogen-bond donors (Lipinski definition) is 1. The van der Waals surface area contributed by atoms with Gasteiger partial charge in [-0.3, -0.25) is 4.90 Å². The van der Waals surface area contributed by atoms with E-state index < -0.39 is 5.97 Å². The van der Waals surface area contributed by atoms with Crippen LogP contribution in [0.2, 0.25) is 0 Å². The minimum atomic E-state index is -1.01. The highest BCUT2D eigenvalue weighted by atomic mass is 16.4. The largest absolute Gasteiger partial charge is 0.475 e. The predicted molar refractivity (Wildman–Crippen MR) is 84.0 cm³/mol. The molecule has 2 aromatic rings. The van der Waals surface area contributed by atoms with Gasteiger partial charge in [-0.05, 0) is 56.6 Å². The van der Waals surface area contributed by atoms with Crippen LogP contribution < -0.4 is 0 Å². The summed E-state index contributed by atoms with van der Waals surface area (Å²) >= 11 is 0. The first-order valence-electron chi connectivity index (χ1n) is 7.38. The fourth-order valence-electron chi connectivity index (χ4n) is 2.73. The van der Waals surface area contributed by atoms with E-state index in [1.54, 1.807) is 0 Å². The zero-order valence-electron chi connectivity index (χ0n) is 13.4. The molecule has 4 heteroatoms. The van der Waals surface area contributed by atoms with Crippen LogP contribution in [0, 0.1) is 20.8 Å². The maximum Gasteiger partial charge on any atom is 0.372 e. The third-order valence-corrected chi connectivity index (χ3v) is 4.38. The number of benzene rings is 1. The highest BCUT2D eigenvalue weighted by Gasteiger charge is 2.20. The van der Waals surface area contributed by atoms with E-state index in [4.69, 9.17) is 4.42 Å². The number of rotatable bonds is 5. The number of aryl methyl sites for hydroxylation is 2. The van der Waals surface area contributed by atoms with Crippen molar-refractivity contribution in [3.8, 4) is 0 Å². The average Bonchev–Trinajstić information content (AvgIpc) is 2.79. The zero-order valence-corrected chi connectivity index (χ0v) is 13.4. The van der Waals surface area contributed by atoms with Gasteiger partial charge in [0, 0.05) is 17.5 Å². The summed E-state index contributed by atoms with van der Waals surface area (Å²) in [6.45, 7) is 13.1. The summed E-state index contributed by atoms with van der Waals surface area (Å²) in [4.78, 5) is 13.6. The van der Waals surface area contributed by atoms with Crippen LogP contribution in [0.25, 0.3) is 11.0 Å². The highest BCUT2D eigenvalue weighted by molar-refractivity contribution is 5.96. The molecule has 114 valence electrons. The topological polar surface area (TPSA) is 53.7 Å². The van der Waals surface area contributed by atoms with Crippen molar-refractivity contribution in [1.82, 2.24) is 4.90 Å². The fraction of sp³-hybridized carbons (Fsp3) is 0.471. The molecule has 1 aromatic heterocycles. The van der Waals surface area contributed by atoms with Gasteiger partial charge in [0.2, 0.25) is 5.76 Å². The zero-order chi connectivity index (χ0) is 15.7. The minimum Gasteiger partial charge on any atom is -0.475 e. The first-order valence-corrected chi connectivity index (χ1v) is 7.38. The molecule has 0 aliphatic rings. The van der Waals surface area contributed by atoms with E-state index >= 15 is 0 Å². The molecule has 0 unspecified atom stereocenters. The van der Waals surface area contributed by atoms with Crippen molar-refractivity contribution in [3.05, 3.63) is 34.1 Å². The first kappa shape index (κ1) is 15.6. The Balaban J connectivity index is 2.61. The van der Waals surface area contributed by atoms with E-state index in [0.717, 1.165) is 30.6 Å². The maximum absolute atomic E-state index is 11.2. The second-order valence-electron chi connectivity index (χ2n) is 5.49. The minimum absolute atomic E-state index is 0.0486. The van der Waals surface area contributed by atoms with Gasteiger partial charge in [0.25, 0.3) is 0 Å². The van der Waals surface area contributed by atoms with Gasteiger partial charge in [0.05, 0.1) is 0 Å². The molecule has 2 rings (SSSR count). The second-order valence-corrected chi connectivity index (χ2v) is 5.49. The molecule has 1 aromatic carbocycles. The van der Waals surface area contributed by atoms with E-state index in [9.17, 15) is 9.90 Å². The summed E-state index contributed by atoms with van der Waals surface area (Å²) in [6.07, 6.45) is 0. The number of aromatic carboxylic acids is 1. The lowest BCUT2D eigenvalue weighted by molar-refractivity contribution is 0.0664. The van der Waals surface area contributed by atoms with Crippen molar-refractivity contribution < 1.29 is 14.3 Å². The molecule has 0 aliphatic carbocycles. The van der Waals surface area contributed by atoms with Gasteiger partial charge in [-0.1, -0.05) is 13.8 Å². The molecule has 0 atom stereocenters. The SMILES string of the molecule is CCN(CC)Cc1cc2c(C)c(C(=O)O)oc2c(C)c1C. The van der Waals surface area contributed by atoms with Gasteiger partial charge in [-0.25, -0.2) is 4.79 Å². The number of carboxylic acid groups (broad SMARTS) is 1. The molecule has 0 spiro atoms. The smallest absolute Gasteiger partial charge is 0.372 e. The van der Waals surface area contributed by atoms with Crippen LogP contribution in [0.1, 0.15) is 46.7 Å². The van der Waals surface area contributed by atoms with E-state index in [0.29, 0.717) is 11.1 Å². The van der Waals surface area contributed by atoms with Crippen LogP contribution in [0.15, 0.2) is 10.5 Å². The van der Waals surface area contributed by atoms with Crippen molar-refractivity contribution in [2.24, 2.45) is 0 Å². The van der Waals surface area contributed by atoms with Crippen LogP contribution >= 0.6 is 0 Å². The summed E-state index contributed by atoms with van der Waals surface area (Å²) in [7, 11) is 0. The Bertz CT molecular complexity index is 681. The number of furan rings is 1. The number of fused-ring (bicyclic) bond motifs is 1. The lowest BCUT2D eigenvalue weighted by Crippen LogP contribution is -2.22. The summed E-state index contributed by atoms with van der Waals surface area (Å²) in [6, 6.07) is 2.08. The molecule has 0 saturated carbocycles. The predicted octanol–water partition coefficient (Wildman–Crippen LogP) is 3.90. The van der Waals surface area contributed by atoms with Crippen molar-refractivity contribution in [2.45, 2.75) is 41.2 Å². The summed E-state index contributed by atoms with van der Waals surface area (Å²) < 4.78 is 5.57. The Morgan fingerprint density at radius 2 is 1.76 bits per heavy atom. The van der Waals surface area contributed by atoms with E-state index in [1.165, 1.54) is 11.1 Å². The normalized spacial score (nSPS) is 11.5. The summed E-state index contributed by atoms with van der Waals surface area (Å²) in [5.41, 5.74) is 4.86. The van der Waals surface area contributed by atoms with Crippen molar-refractivity contribution in [1.29, 1.82) is 0 Å². The van der Waals surface area contributed by atoms with Gasteiger partial charge >= 0.3 is 5.97 Å². The molecule has 0 saturated heterocycles. The molecule has 0 radical (unpaired) electrons. The molecule has 21 heavy (non-hydrogen) atoms. The first-order chi connectivity index (χ1) is 9.90. The van der Waals surface area contributed by atoms with E-state index in [1.807, 2.05) is 13.8 Å². The highest BCUT2D eigenvalue weighted by Crippen LogP contribution is 2.32. The van der Waals surface area contributed by atoms with Crippen LogP contribution in [-0.4, -0.2) is 29.1 Å². The Morgan fingerprint density at radius 3 is 2.29 bits per heavy atom. The van der Waals surface area contributed by atoms with Crippen molar-refractivity contribution in [3.63, 3.8) is 0 Å². The molecule has 1 N–H and O–H groups in total. The molecular weight excluding hydrogens is 266 g/mol. The third-order valence-electron chi connectivity index (χ3n) is 4.38. The van der Waals surface area contributed by atoms with Crippen LogP contribution in [0.3, 0.4) is 0 Å². The third kappa shape index (κ3) is 2.68. The number of carboxylic acids is 1. The van der Waals surface area contributed by atoms with E-state index in [2.05, 4.69) is 31.7 Å². The van der Waals surface area contributed by atoms with Gasteiger partial charge in [-0.15, -0.1) is 0 Å². The van der Waals surface area contributed by atoms with Gasteiger partial charge in [-0.2, -0.15) is 0 Å². The Morgan fingerprint density at radius 1 is 1.14 bits per heavy atom. The van der Waals surface area contributed by atoms with E-state index in [-0.39, 0.29) is 5.76 Å². The summed E-state index contributed by atoms with van der Waals surface area (Å²) in [5.74, 6) is -0.960. The molecule has 4 nitrogen and oxygen atoms in total. The molecule has 0 amide bonds.